The summed E-state index contributed by atoms with van der Waals surface area (Å²) in [6.45, 7) is 14.2. The molecule has 0 saturated carbocycles. The van der Waals surface area contributed by atoms with Crippen LogP contribution < -0.4 is 0 Å². The van der Waals surface area contributed by atoms with Crippen molar-refractivity contribution in [3.05, 3.63) is 95.1 Å². The molecule has 35 heavy (non-hydrogen) atoms. The Balaban J connectivity index is 1.62. The second-order valence-electron chi connectivity index (χ2n) is 11.8. The summed E-state index contributed by atoms with van der Waals surface area (Å²) in [6.07, 6.45) is 1.11. The highest BCUT2D eigenvalue weighted by molar-refractivity contribution is 6.12. The van der Waals surface area contributed by atoms with Crippen LogP contribution >= 0.6 is 0 Å². The van der Waals surface area contributed by atoms with E-state index in [-0.39, 0.29) is 10.8 Å². The van der Waals surface area contributed by atoms with E-state index >= 15 is 0 Å². The van der Waals surface area contributed by atoms with Crippen LogP contribution in [0.25, 0.3) is 44.1 Å². The Morgan fingerprint density at radius 1 is 0.600 bits per heavy atom. The Bertz CT molecular complexity index is 1570. The van der Waals surface area contributed by atoms with Gasteiger partial charge in [-0.2, -0.15) is 0 Å². The van der Waals surface area contributed by atoms with Crippen molar-refractivity contribution in [3.8, 4) is 22.3 Å². The summed E-state index contributed by atoms with van der Waals surface area (Å²) in [5.41, 5.74) is 14.2. The first-order chi connectivity index (χ1) is 16.7. The molecule has 0 fully saturated rings. The second-order valence-corrected chi connectivity index (χ2v) is 11.8. The zero-order valence-corrected chi connectivity index (χ0v) is 21.7. The van der Waals surface area contributed by atoms with E-state index in [9.17, 15) is 0 Å². The quantitative estimate of drug-likeness (QED) is 0.250. The lowest BCUT2D eigenvalue weighted by Gasteiger charge is -2.22. The molecule has 0 amide bonds. The monoisotopic (exact) mass is 455 g/mol. The summed E-state index contributed by atoms with van der Waals surface area (Å²) < 4.78 is 2.62. The molecule has 7 rings (SSSR count). The van der Waals surface area contributed by atoms with E-state index in [1.165, 1.54) is 66.3 Å². The Labute approximate surface area is 208 Å². The third-order valence-corrected chi connectivity index (χ3v) is 9.24. The van der Waals surface area contributed by atoms with Crippen LogP contribution in [0.15, 0.2) is 72.8 Å². The smallest absolute Gasteiger partial charge is 0.0500 e. The van der Waals surface area contributed by atoms with Crippen molar-refractivity contribution in [2.75, 3.05) is 0 Å². The van der Waals surface area contributed by atoms with E-state index in [1.54, 1.807) is 0 Å². The lowest BCUT2D eigenvalue weighted by Crippen LogP contribution is -2.15. The van der Waals surface area contributed by atoms with Crippen LogP contribution in [-0.2, 0) is 10.8 Å². The van der Waals surface area contributed by atoms with Gasteiger partial charge in [-0.1, -0.05) is 83.1 Å². The van der Waals surface area contributed by atoms with E-state index in [0.717, 1.165) is 6.42 Å². The zero-order chi connectivity index (χ0) is 24.3. The highest BCUT2D eigenvalue weighted by Crippen LogP contribution is 2.53. The standard InChI is InChI=1S/C34H33N/c1-7-20(2)35-31-18-23-21-12-8-10-14-27(21)33(3,4)29(23)16-25(31)26-17-30-24(19-32(26)35)22-13-9-11-15-28(22)34(30,5)6/h8-20H,7H2,1-6H3. The van der Waals surface area contributed by atoms with Crippen LogP contribution in [0.4, 0.5) is 0 Å². The maximum atomic E-state index is 2.62. The van der Waals surface area contributed by atoms with E-state index in [1.807, 2.05) is 0 Å². The van der Waals surface area contributed by atoms with Gasteiger partial charge in [0.05, 0.1) is 0 Å². The zero-order valence-electron chi connectivity index (χ0n) is 21.7. The molecule has 0 saturated heterocycles. The first-order valence-corrected chi connectivity index (χ1v) is 13.1. The molecule has 2 aliphatic rings. The number of benzene rings is 4. The summed E-state index contributed by atoms with van der Waals surface area (Å²) in [5.74, 6) is 0. The fourth-order valence-electron chi connectivity index (χ4n) is 7.09. The molecule has 2 aliphatic carbocycles. The maximum Gasteiger partial charge on any atom is 0.0500 e. The largest absolute Gasteiger partial charge is 0.338 e. The molecule has 1 atom stereocenters. The highest BCUT2D eigenvalue weighted by atomic mass is 15.0. The molecule has 1 nitrogen and oxygen atoms in total. The molecule has 174 valence electrons. The average Bonchev–Trinajstić information content (AvgIpc) is 3.38. The number of hydrogen-bond acceptors (Lipinski definition) is 0. The topological polar surface area (TPSA) is 4.93 Å². The van der Waals surface area contributed by atoms with Crippen LogP contribution in [0.1, 0.15) is 76.3 Å². The van der Waals surface area contributed by atoms with E-state index < -0.39 is 0 Å². The van der Waals surface area contributed by atoms with Crippen LogP contribution in [0.3, 0.4) is 0 Å². The van der Waals surface area contributed by atoms with Crippen LogP contribution in [0.2, 0.25) is 0 Å². The summed E-state index contributed by atoms with van der Waals surface area (Å²) >= 11 is 0. The molecule has 5 aromatic rings. The van der Waals surface area contributed by atoms with Crippen molar-refractivity contribution in [1.29, 1.82) is 0 Å². The molecule has 0 spiro atoms. The Kier molecular flexibility index (Phi) is 4.00. The van der Waals surface area contributed by atoms with Gasteiger partial charge in [-0.05, 0) is 82.1 Å². The first kappa shape index (κ1) is 21.0. The lowest BCUT2D eigenvalue weighted by atomic mass is 9.81. The van der Waals surface area contributed by atoms with Gasteiger partial charge in [-0.15, -0.1) is 0 Å². The van der Waals surface area contributed by atoms with Gasteiger partial charge in [-0.25, -0.2) is 0 Å². The normalized spacial score (nSPS) is 17.3. The summed E-state index contributed by atoms with van der Waals surface area (Å²) in [6, 6.07) is 28.4. The van der Waals surface area contributed by atoms with Gasteiger partial charge in [0.15, 0.2) is 0 Å². The Hall–Kier alpha value is -3.32. The van der Waals surface area contributed by atoms with Gasteiger partial charge in [0, 0.05) is 38.7 Å². The maximum absolute atomic E-state index is 2.62. The summed E-state index contributed by atoms with van der Waals surface area (Å²) in [5, 5.41) is 2.80. The average molecular weight is 456 g/mol. The first-order valence-electron chi connectivity index (χ1n) is 13.1. The van der Waals surface area contributed by atoms with Crippen molar-refractivity contribution in [1.82, 2.24) is 4.57 Å². The molecular formula is C34H33N. The molecule has 0 radical (unpaired) electrons. The van der Waals surface area contributed by atoms with E-state index in [4.69, 9.17) is 0 Å². The van der Waals surface area contributed by atoms with Crippen molar-refractivity contribution < 1.29 is 0 Å². The van der Waals surface area contributed by atoms with Crippen LogP contribution in [0.5, 0.6) is 0 Å². The molecule has 1 aromatic heterocycles. The molecular weight excluding hydrogens is 422 g/mol. The fraction of sp³-hybridized carbons (Fsp3) is 0.294. The van der Waals surface area contributed by atoms with Crippen molar-refractivity contribution in [2.45, 2.75) is 64.8 Å². The molecule has 1 heterocycles. The lowest BCUT2D eigenvalue weighted by molar-refractivity contribution is 0.563. The fourth-order valence-corrected chi connectivity index (χ4v) is 7.09. The van der Waals surface area contributed by atoms with Gasteiger partial charge < -0.3 is 4.57 Å². The van der Waals surface area contributed by atoms with Gasteiger partial charge in [0.25, 0.3) is 0 Å². The molecule has 0 aliphatic heterocycles. The van der Waals surface area contributed by atoms with Crippen LogP contribution in [0, 0.1) is 0 Å². The third kappa shape index (κ3) is 2.49. The minimum absolute atomic E-state index is 0.0111. The Morgan fingerprint density at radius 3 is 1.46 bits per heavy atom. The highest BCUT2D eigenvalue weighted by Gasteiger charge is 2.38. The molecule has 1 heteroatoms. The molecule has 0 N–H and O–H groups in total. The van der Waals surface area contributed by atoms with Crippen molar-refractivity contribution in [2.24, 2.45) is 0 Å². The second kappa shape index (κ2) is 6.66. The predicted octanol–water partition coefficient (Wildman–Crippen LogP) is 9.38. The number of fused-ring (bicyclic) bond motifs is 9. The molecule has 0 bridgehead atoms. The van der Waals surface area contributed by atoms with Crippen molar-refractivity contribution >= 4 is 21.8 Å². The SMILES string of the molecule is CCC(C)n1c2cc3c(cc2c2cc4c(cc21)-c1ccccc1C4(C)C)C(C)(C)c1ccccc1-3. The van der Waals surface area contributed by atoms with Crippen LogP contribution in [-0.4, -0.2) is 4.57 Å². The summed E-state index contributed by atoms with van der Waals surface area (Å²) in [7, 11) is 0. The molecule has 1 unspecified atom stereocenters. The van der Waals surface area contributed by atoms with E-state index in [0.29, 0.717) is 6.04 Å². The number of hydrogen-bond donors (Lipinski definition) is 0. The van der Waals surface area contributed by atoms with Gasteiger partial charge in [0.2, 0.25) is 0 Å². The van der Waals surface area contributed by atoms with Crippen molar-refractivity contribution in [3.63, 3.8) is 0 Å². The van der Waals surface area contributed by atoms with Gasteiger partial charge in [-0.3, -0.25) is 0 Å². The minimum atomic E-state index is 0.0111. The molecule has 4 aromatic carbocycles. The predicted molar refractivity (Wildman–Crippen MR) is 150 cm³/mol. The van der Waals surface area contributed by atoms with Gasteiger partial charge in [0.1, 0.15) is 0 Å². The van der Waals surface area contributed by atoms with Gasteiger partial charge >= 0.3 is 0 Å². The number of aromatic nitrogens is 1. The minimum Gasteiger partial charge on any atom is -0.338 e. The van der Waals surface area contributed by atoms with E-state index in [2.05, 4.69) is 119 Å². The summed E-state index contributed by atoms with van der Waals surface area (Å²) in [4.78, 5) is 0. The number of nitrogens with zero attached hydrogens (tertiary/aromatic N) is 1. The Morgan fingerprint density at radius 2 is 1.03 bits per heavy atom. The third-order valence-electron chi connectivity index (χ3n) is 9.24. The number of rotatable bonds is 2.